The number of hydrogen-bond donors (Lipinski definition) is 2. The monoisotopic (exact) mass is 420 g/mol. The Labute approximate surface area is 174 Å². The van der Waals surface area contributed by atoms with E-state index in [9.17, 15) is 9.59 Å². The first kappa shape index (κ1) is 21.9. The fraction of sp³-hybridized carbons (Fsp3) is 0.300. The van der Waals surface area contributed by atoms with Gasteiger partial charge in [-0.05, 0) is 76.2 Å². The first-order valence-corrected chi connectivity index (χ1v) is 9.33. The average molecular weight is 421 g/mol. The predicted molar refractivity (Wildman–Crippen MR) is 113 cm³/mol. The number of nitrogens with one attached hydrogen (secondary N) is 2. The van der Waals surface area contributed by atoms with Gasteiger partial charge in [-0.25, -0.2) is 0 Å². The molecule has 148 valence electrons. The standard InChI is InChI=1S/C20H22Cl2N4O2/c1-19(2,17(27)23-15-9-5-13(21)6-10-15)25-26-20(3,4)18(28)24-16-11-7-14(22)8-12-16/h5-12H,1-4H3,(H,23,27)(H,24,28). The number of rotatable bonds is 6. The van der Waals surface area contributed by atoms with Crippen LogP contribution in [0.5, 0.6) is 0 Å². The lowest BCUT2D eigenvalue weighted by Crippen LogP contribution is -2.38. The summed E-state index contributed by atoms with van der Waals surface area (Å²) in [5.74, 6) is -0.708. The minimum Gasteiger partial charge on any atom is -0.324 e. The maximum atomic E-state index is 12.5. The summed E-state index contributed by atoms with van der Waals surface area (Å²) in [4.78, 5) is 25.0. The fourth-order valence-electron chi connectivity index (χ4n) is 1.98. The van der Waals surface area contributed by atoms with Gasteiger partial charge in [-0.1, -0.05) is 23.2 Å². The predicted octanol–water partition coefficient (Wildman–Crippen LogP) is 5.58. The van der Waals surface area contributed by atoms with Gasteiger partial charge in [0.05, 0.1) is 0 Å². The van der Waals surface area contributed by atoms with Crippen molar-refractivity contribution in [2.75, 3.05) is 10.6 Å². The van der Waals surface area contributed by atoms with Crippen LogP contribution >= 0.6 is 23.2 Å². The van der Waals surface area contributed by atoms with Crippen LogP contribution in [0.4, 0.5) is 11.4 Å². The van der Waals surface area contributed by atoms with Crippen molar-refractivity contribution in [3.63, 3.8) is 0 Å². The summed E-state index contributed by atoms with van der Waals surface area (Å²) in [6, 6.07) is 13.5. The minimum atomic E-state index is -1.17. The van der Waals surface area contributed by atoms with Crippen molar-refractivity contribution in [3.8, 4) is 0 Å². The number of anilines is 2. The van der Waals surface area contributed by atoms with Gasteiger partial charge in [0.15, 0.2) is 11.1 Å². The lowest BCUT2D eigenvalue weighted by molar-refractivity contribution is -0.122. The van der Waals surface area contributed by atoms with Gasteiger partial charge in [0.1, 0.15) is 0 Å². The Morgan fingerprint density at radius 3 is 1.25 bits per heavy atom. The van der Waals surface area contributed by atoms with Crippen LogP contribution in [0, 0.1) is 0 Å². The second kappa shape index (κ2) is 8.71. The highest BCUT2D eigenvalue weighted by Gasteiger charge is 2.32. The molecule has 0 saturated heterocycles. The number of halogens is 2. The Kier molecular flexibility index (Phi) is 6.80. The summed E-state index contributed by atoms with van der Waals surface area (Å²) in [6.07, 6.45) is 0. The molecule has 6 nitrogen and oxygen atoms in total. The van der Waals surface area contributed by atoms with Crippen LogP contribution < -0.4 is 10.6 Å². The number of azo groups is 1. The zero-order valence-electron chi connectivity index (χ0n) is 16.1. The lowest BCUT2D eigenvalue weighted by atomic mass is 10.0. The summed E-state index contributed by atoms with van der Waals surface area (Å²) in [5.41, 5.74) is -1.15. The van der Waals surface area contributed by atoms with Gasteiger partial charge >= 0.3 is 0 Å². The molecule has 0 aliphatic rings. The molecule has 0 atom stereocenters. The van der Waals surface area contributed by atoms with E-state index in [0.29, 0.717) is 21.4 Å². The maximum absolute atomic E-state index is 12.5. The molecule has 0 aliphatic heterocycles. The quantitative estimate of drug-likeness (QED) is 0.597. The van der Waals surface area contributed by atoms with Gasteiger partial charge in [0.25, 0.3) is 11.8 Å². The van der Waals surface area contributed by atoms with Gasteiger partial charge < -0.3 is 10.6 Å². The van der Waals surface area contributed by atoms with Crippen molar-refractivity contribution in [2.24, 2.45) is 10.2 Å². The summed E-state index contributed by atoms with van der Waals surface area (Å²) < 4.78 is 0. The molecule has 2 N–H and O–H groups in total. The molecule has 0 unspecified atom stereocenters. The van der Waals surface area contributed by atoms with E-state index in [1.807, 2.05) is 0 Å². The third-order valence-electron chi connectivity index (χ3n) is 3.87. The zero-order chi connectivity index (χ0) is 20.9. The van der Waals surface area contributed by atoms with Gasteiger partial charge in [-0.3, -0.25) is 9.59 Å². The molecular weight excluding hydrogens is 399 g/mol. The zero-order valence-corrected chi connectivity index (χ0v) is 17.6. The third-order valence-corrected chi connectivity index (χ3v) is 4.37. The first-order valence-electron chi connectivity index (χ1n) is 8.58. The molecule has 8 heteroatoms. The Bertz CT molecular complexity index is 803. The number of benzene rings is 2. The Hall–Kier alpha value is -2.44. The summed E-state index contributed by atoms with van der Waals surface area (Å²) in [6.45, 7) is 6.48. The molecule has 0 bridgehead atoms. The molecular formula is C20H22Cl2N4O2. The van der Waals surface area contributed by atoms with Crippen LogP contribution in [0.2, 0.25) is 10.0 Å². The van der Waals surface area contributed by atoms with Crippen molar-refractivity contribution in [2.45, 2.75) is 38.8 Å². The molecule has 0 fully saturated rings. The Morgan fingerprint density at radius 1 is 0.679 bits per heavy atom. The lowest BCUT2D eigenvalue weighted by Gasteiger charge is -2.22. The molecule has 0 saturated carbocycles. The number of nitrogens with zero attached hydrogens (tertiary/aromatic N) is 2. The largest absolute Gasteiger partial charge is 0.324 e. The SMILES string of the molecule is CC(C)(N=NC(C)(C)C(=O)Nc1ccc(Cl)cc1)C(=O)Nc1ccc(Cl)cc1. The van der Waals surface area contributed by atoms with E-state index in [4.69, 9.17) is 23.2 Å². The van der Waals surface area contributed by atoms with E-state index in [1.54, 1.807) is 76.2 Å². The number of hydrogen-bond acceptors (Lipinski definition) is 4. The molecule has 2 aromatic rings. The van der Waals surface area contributed by atoms with Crippen molar-refractivity contribution in [3.05, 3.63) is 58.6 Å². The third kappa shape index (κ3) is 6.04. The molecule has 2 amide bonds. The van der Waals surface area contributed by atoms with Gasteiger partial charge in [-0.2, -0.15) is 10.2 Å². The van der Waals surface area contributed by atoms with Crippen molar-refractivity contribution >= 4 is 46.4 Å². The first-order chi connectivity index (χ1) is 13.0. The molecule has 0 aromatic heterocycles. The Balaban J connectivity index is 2.05. The topological polar surface area (TPSA) is 82.9 Å². The van der Waals surface area contributed by atoms with Crippen LogP contribution in [0.3, 0.4) is 0 Å². The molecule has 0 heterocycles. The number of carbonyl (C=O) groups is 2. The van der Waals surface area contributed by atoms with Crippen LogP contribution in [-0.4, -0.2) is 22.9 Å². The van der Waals surface area contributed by atoms with E-state index in [-0.39, 0.29) is 11.8 Å². The molecule has 0 radical (unpaired) electrons. The van der Waals surface area contributed by atoms with Crippen LogP contribution in [-0.2, 0) is 9.59 Å². The molecule has 0 aliphatic carbocycles. The fourth-order valence-corrected chi connectivity index (χ4v) is 2.23. The van der Waals surface area contributed by atoms with E-state index in [0.717, 1.165) is 0 Å². The van der Waals surface area contributed by atoms with Crippen molar-refractivity contribution in [1.82, 2.24) is 0 Å². The van der Waals surface area contributed by atoms with E-state index < -0.39 is 11.1 Å². The minimum absolute atomic E-state index is 0.354. The number of amides is 2. The summed E-state index contributed by atoms with van der Waals surface area (Å²) >= 11 is 11.7. The molecule has 0 spiro atoms. The smallest absolute Gasteiger partial charge is 0.253 e. The summed E-state index contributed by atoms with van der Waals surface area (Å²) in [7, 11) is 0. The second-order valence-corrected chi connectivity index (χ2v) is 8.11. The van der Waals surface area contributed by atoms with Gasteiger partial charge in [-0.15, -0.1) is 0 Å². The molecule has 2 aromatic carbocycles. The second-order valence-electron chi connectivity index (χ2n) is 7.24. The van der Waals surface area contributed by atoms with Crippen LogP contribution in [0.25, 0.3) is 0 Å². The van der Waals surface area contributed by atoms with E-state index in [1.165, 1.54) is 0 Å². The van der Waals surface area contributed by atoms with Crippen LogP contribution in [0.1, 0.15) is 27.7 Å². The highest BCUT2D eigenvalue weighted by Crippen LogP contribution is 2.21. The molecule has 2 rings (SSSR count). The highest BCUT2D eigenvalue weighted by molar-refractivity contribution is 6.31. The Morgan fingerprint density at radius 2 is 0.964 bits per heavy atom. The van der Waals surface area contributed by atoms with Crippen molar-refractivity contribution < 1.29 is 9.59 Å². The van der Waals surface area contributed by atoms with E-state index in [2.05, 4.69) is 20.9 Å². The van der Waals surface area contributed by atoms with Crippen molar-refractivity contribution in [1.29, 1.82) is 0 Å². The van der Waals surface area contributed by atoms with E-state index >= 15 is 0 Å². The average Bonchev–Trinajstić information content (AvgIpc) is 2.64. The summed E-state index contributed by atoms with van der Waals surface area (Å²) in [5, 5.41) is 14.9. The van der Waals surface area contributed by atoms with Gasteiger partial charge in [0.2, 0.25) is 0 Å². The maximum Gasteiger partial charge on any atom is 0.253 e. The van der Waals surface area contributed by atoms with Crippen LogP contribution in [0.15, 0.2) is 58.8 Å². The molecule has 28 heavy (non-hydrogen) atoms. The number of carbonyl (C=O) groups excluding carboxylic acids is 2. The normalized spacial score (nSPS) is 12.1. The van der Waals surface area contributed by atoms with Gasteiger partial charge in [0, 0.05) is 21.4 Å². The highest BCUT2D eigenvalue weighted by atomic mass is 35.5.